The van der Waals surface area contributed by atoms with Gasteiger partial charge in [0.2, 0.25) is 0 Å². The lowest BCUT2D eigenvalue weighted by atomic mass is 9.93. The quantitative estimate of drug-likeness (QED) is 0.703. The van der Waals surface area contributed by atoms with Crippen LogP contribution in [0, 0.1) is 0 Å². The molecule has 1 rings (SSSR count). The zero-order valence-electron chi connectivity index (χ0n) is 14.3. The van der Waals surface area contributed by atoms with E-state index < -0.39 is 0 Å². The van der Waals surface area contributed by atoms with Crippen LogP contribution in [-0.2, 0) is 6.42 Å². The average molecular weight is 307 g/mol. The average Bonchev–Trinajstić information content (AvgIpc) is 2.46. The van der Waals surface area contributed by atoms with Gasteiger partial charge in [-0.1, -0.05) is 45.9 Å². The van der Waals surface area contributed by atoms with Gasteiger partial charge in [-0.2, -0.15) is 0 Å². The Balaban J connectivity index is 3.03. The summed E-state index contributed by atoms with van der Waals surface area (Å²) in [5.41, 5.74) is 3.89. The first-order valence-corrected chi connectivity index (χ1v) is 8.46. The fourth-order valence-electron chi connectivity index (χ4n) is 2.24. The van der Waals surface area contributed by atoms with E-state index in [0.29, 0.717) is 11.0 Å². The summed E-state index contributed by atoms with van der Waals surface area (Å²) in [4.78, 5) is 0. The van der Waals surface area contributed by atoms with Crippen LogP contribution in [0.3, 0.4) is 0 Å². The van der Waals surface area contributed by atoms with Gasteiger partial charge < -0.3 is 10.6 Å². The molecule has 1 aromatic carbocycles. The number of hydrogen-bond acceptors (Lipinski definition) is 1. The van der Waals surface area contributed by atoms with Crippen LogP contribution in [-0.4, -0.2) is 10.7 Å². The predicted molar refractivity (Wildman–Crippen MR) is 98.3 cm³/mol. The van der Waals surface area contributed by atoms with E-state index >= 15 is 0 Å². The molecule has 0 radical (unpaired) electrons. The zero-order valence-corrected chi connectivity index (χ0v) is 15.2. The van der Waals surface area contributed by atoms with Gasteiger partial charge in [-0.25, -0.2) is 0 Å². The molecule has 0 bridgehead atoms. The smallest absolute Gasteiger partial charge is 0.171 e. The van der Waals surface area contributed by atoms with Crippen LogP contribution in [0.4, 0.5) is 5.69 Å². The predicted octanol–water partition coefficient (Wildman–Crippen LogP) is 5.24. The summed E-state index contributed by atoms with van der Waals surface area (Å²) in [7, 11) is 0. The highest BCUT2D eigenvalue weighted by Crippen LogP contribution is 2.30. The SMILES string of the molecule is CCc1cccc(C(C)CC)c1NC(=S)NC(C)(C)CC. The van der Waals surface area contributed by atoms with Gasteiger partial charge >= 0.3 is 0 Å². The number of anilines is 1. The molecule has 0 aliphatic heterocycles. The second-order valence-electron chi connectivity index (χ2n) is 6.36. The number of thiocarbonyl (C=S) groups is 1. The van der Waals surface area contributed by atoms with Gasteiger partial charge in [0.25, 0.3) is 0 Å². The van der Waals surface area contributed by atoms with E-state index in [1.807, 2.05) is 0 Å². The van der Waals surface area contributed by atoms with Gasteiger partial charge in [0.1, 0.15) is 0 Å². The van der Waals surface area contributed by atoms with Crippen LogP contribution < -0.4 is 10.6 Å². The van der Waals surface area contributed by atoms with Crippen molar-refractivity contribution in [2.75, 3.05) is 5.32 Å². The minimum absolute atomic E-state index is 0.0157. The van der Waals surface area contributed by atoms with Gasteiger partial charge in [0, 0.05) is 11.2 Å². The Bertz CT molecular complexity index is 480. The number of benzene rings is 1. The number of para-hydroxylation sites is 1. The van der Waals surface area contributed by atoms with Crippen LogP contribution in [0.15, 0.2) is 18.2 Å². The van der Waals surface area contributed by atoms with Crippen molar-refractivity contribution in [1.29, 1.82) is 0 Å². The van der Waals surface area contributed by atoms with E-state index in [2.05, 4.69) is 70.4 Å². The summed E-state index contributed by atoms with van der Waals surface area (Å²) < 4.78 is 0. The van der Waals surface area contributed by atoms with E-state index in [-0.39, 0.29) is 5.54 Å². The first-order chi connectivity index (χ1) is 9.84. The Labute approximate surface area is 135 Å². The highest BCUT2D eigenvalue weighted by atomic mass is 32.1. The largest absolute Gasteiger partial charge is 0.358 e. The van der Waals surface area contributed by atoms with E-state index in [9.17, 15) is 0 Å². The van der Waals surface area contributed by atoms with Crippen molar-refractivity contribution >= 4 is 23.0 Å². The lowest BCUT2D eigenvalue weighted by Crippen LogP contribution is -2.45. The molecule has 1 atom stereocenters. The second kappa shape index (κ2) is 7.79. The molecular weight excluding hydrogens is 276 g/mol. The van der Waals surface area contributed by atoms with Gasteiger partial charge in [0.05, 0.1) is 0 Å². The Kier molecular flexibility index (Phi) is 6.66. The molecule has 0 saturated heterocycles. The molecule has 3 heteroatoms. The molecule has 0 saturated carbocycles. The molecule has 0 heterocycles. The van der Waals surface area contributed by atoms with Crippen molar-refractivity contribution in [3.05, 3.63) is 29.3 Å². The highest BCUT2D eigenvalue weighted by Gasteiger charge is 2.18. The zero-order chi connectivity index (χ0) is 16.0. The molecule has 0 spiro atoms. The molecule has 0 aliphatic rings. The van der Waals surface area contributed by atoms with E-state index in [0.717, 1.165) is 19.3 Å². The molecule has 2 nitrogen and oxygen atoms in total. The minimum atomic E-state index is 0.0157. The van der Waals surface area contributed by atoms with Crippen molar-refractivity contribution in [1.82, 2.24) is 5.32 Å². The van der Waals surface area contributed by atoms with Gasteiger partial charge in [-0.3, -0.25) is 0 Å². The van der Waals surface area contributed by atoms with E-state index in [4.69, 9.17) is 12.2 Å². The van der Waals surface area contributed by atoms with E-state index in [1.165, 1.54) is 16.8 Å². The summed E-state index contributed by atoms with van der Waals surface area (Å²) in [6, 6.07) is 6.54. The standard InChI is InChI=1S/C18H30N2S/c1-7-13(4)15-12-10-11-14(8-2)16(15)19-17(21)20-18(5,6)9-3/h10-13H,7-9H2,1-6H3,(H2,19,20,21). The Morgan fingerprint density at radius 2 is 1.90 bits per heavy atom. The minimum Gasteiger partial charge on any atom is -0.358 e. The Morgan fingerprint density at radius 3 is 2.43 bits per heavy atom. The topological polar surface area (TPSA) is 24.1 Å². The van der Waals surface area contributed by atoms with Crippen molar-refractivity contribution in [3.8, 4) is 0 Å². The summed E-state index contributed by atoms with van der Waals surface area (Å²) in [5.74, 6) is 0.529. The van der Waals surface area contributed by atoms with Crippen molar-refractivity contribution < 1.29 is 0 Å². The number of aryl methyl sites for hydroxylation is 1. The van der Waals surface area contributed by atoms with Gasteiger partial charge in [-0.15, -0.1) is 0 Å². The fourth-order valence-corrected chi connectivity index (χ4v) is 2.62. The number of rotatable bonds is 6. The van der Waals surface area contributed by atoms with E-state index in [1.54, 1.807) is 0 Å². The van der Waals surface area contributed by atoms with Crippen LogP contribution in [0.1, 0.15) is 71.4 Å². The first kappa shape index (κ1) is 18.0. The molecule has 0 fully saturated rings. The number of hydrogen-bond donors (Lipinski definition) is 2. The maximum Gasteiger partial charge on any atom is 0.171 e. The highest BCUT2D eigenvalue weighted by molar-refractivity contribution is 7.80. The van der Waals surface area contributed by atoms with Crippen LogP contribution >= 0.6 is 12.2 Å². The maximum absolute atomic E-state index is 5.52. The summed E-state index contributed by atoms with van der Waals surface area (Å²) >= 11 is 5.52. The van der Waals surface area contributed by atoms with Crippen LogP contribution in [0.25, 0.3) is 0 Å². The molecule has 0 amide bonds. The molecule has 0 aromatic heterocycles. The third-order valence-electron chi connectivity index (χ3n) is 4.28. The van der Waals surface area contributed by atoms with Crippen LogP contribution in [0.2, 0.25) is 0 Å². The molecule has 118 valence electrons. The molecule has 1 aromatic rings. The van der Waals surface area contributed by atoms with Gasteiger partial charge in [0.15, 0.2) is 5.11 Å². The normalized spacial score (nSPS) is 12.9. The van der Waals surface area contributed by atoms with Crippen molar-refractivity contribution in [3.63, 3.8) is 0 Å². The first-order valence-electron chi connectivity index (χ1n) is 8.05. The fraction of sp³-hybridized carbons (Fsp3) is 0.611. The number of nitrogens with one attached hydrogen (secondary N) is 2. The van der Waals surface area contributed by atoms with Gasteiger partial charge in [-0.05, 0) is 62.4 Å². The third-order valence-corrected chi connectivity index (χ3v) is 4.49. The summed E-state index contributed by atoms with van der Waals surface area (Å²) in [6.45, 7) is 13.2. The summed E-state index contributed by atoms with van der Waals surface area (Å²) in [5, 5.41) is 7.58. The second-order valence-corrected chi connectivity index (χ2v) is 6.77. The Hall–Kier alpha value is -1.09. The van der Waals surface area contributed by atoms with Crippen LogP contribution in [0.5, 0.6) is 0 Å². The molecule has 1 unspecified atom stereocenters. The molecule has 21 heavy (non-hydrogen) atoms. The lowest BCUT2D eigenvalue weighted by Gasteiger charge is -2.28. The molecule has 0 aliphatic carbocycles. The van der Waals surface area contributed by atoms with Crippen molar-refractivity contribution in [2.45, 2.75) is 72.3 Å². The summed E-state index contributed by atoms with van der Waals surface area (Å²) in [6.07, 6.45) is 3.16. The third kappa shape index (κ3) is 4.99. The maximum atomic E-state index is 5.52. The van der Waals surface area contributed by atoms with Crippen molar-refractivity contribution in [2.24, 2.45) is 0 Å². The molecular formula is C18H30N2S. The lowest BCUT2D eigenvalue weighted by molar-refractivity contribution is 0.448. The Morgan fingerprint density at radius 1 is 1.24 bits per heavy atom. The molecule has 2 N–H and O–H groups in total. The monoisotopic (exact) mass is 306 g/mol.